The number of furan rings is 1. The molecule has 0 saturated heterocycles. The van der Waals surface area contributed by atoms with Crippen molar-refractivity contribution >= 4 is 23.9 Å². The van der Waals surface area contributed by atoms with Gasteiger partial charge in [-0.25, -0.2) is 14.6 Å². The van der Waals surface area contributed by atoms with E-state index in [1.165, 1.54) is 12.3 Å². The summed E-state index contributed by atoms with van der Waals surface area (Å²) in [5.41, 5.74) is 1.65. The van der Waals surface area contributed by atoms with Crippen LogP contribution in [-0.2, 0) is 9.53 Å². The number of esters is 2. The summed E-state index contributed by atoms with van der Waals surface area (Å²) in [6.07, 6.45) is 3.01. The van der Waals surface area contributed by atoms with Gasteiger partial charge in [0.1, 0.15) is 5.75 Å². The molecule has 1 aliphatic rings. The molecule has 0 aliphatic carbocycles. The first-order valence-electron chi connectivity index (χ1n) is 8.13. The van der Waals surface area contributed by atoms with Gasteiger partial charge < -0.3 is 13.9 Å². The molecular weight excluding hydrogens is 346 g/mol. The smallest absolute Gasteiger partial charge is 0.379 e. The molecule has 0 saturated carbocycles. The van der Waals surface area contributed by atoms with Crippen molar-refractivity contribution in [1.29, 1.82) is 0 Å². The van der Waals surface area contributed by atoms with Crippen LogP contribution in [0.2, 0.25) is 0 Å². The third kappa shape index (κ3) is 3.69. The molecule has 132 valence electrons. The molecule has 4 rings (SSSR count). The lowest BCUT2D eigenvalue weighted by molar-refractivity contribution is -0.129. The van der Waals surface area contributed by atoms with E-state index in [0.717, 1.165) is 11.1 Å². The zero-order chi connectivity index (χ0) is 18.6. The lowest BCUT2D eigenvalue weighted by Gasteiger charge is -2.02. The van der Waals surface area contributed by atoms with E-state index >= 15 is 0 Å². The van der Waals surface area contributed by atoms with Crippen molar-refractivity contribution in [3.8, 4) is 5.75 Å². The maximum atomic E-state index is 12.0. The monoisotopic (exact) mass is 359 g/mol. The first-order valence-corrected chi connectivity index (χ1v) is 8.13. The Morgan fingerprint density at radius 2 is 1.74 bits per heavy atom. The summed E-state index contributed by atoms with van der Waals surface area (Å²) in [5.74, 6) is -0.334. The van der Waals surface area contributed by atoms with Crippen LogP contribution in [0.3, 0.4) is 0 Å². The molecule has 0 radical (unpaired) electrons. The van der Waals surface area contributed by atoms with E-state index in [2.05, 4.69) is 4.99 Å². The Balaban J connectivity index is 1.50. The zero-order valence-corrected chi connectivity index (χ0v) is 14.0. The van der Waals surface area contributed by atoms with Crippen LogP contribution in [-0.4, -0.2) is 17.8 Å². The van der Waals surface area contributed by atoms with E-state index < -0.39 is 11.9 Å². The fourth-order valence-corrected chi connectivity index (χ4v) is 2.46. The van der Waals surface area contributed by atoms with Crippen molar-refractivity contribution in [2.24, 2.45) is 4.99 Å². The van der Waals surface area contributed by atoms with Crippen LogP contribution in [0.1, 0.15) is 21.7 Å². The van der Waals surface area contributed by atoms with Crippen LogP contribution in [0, 0.1) is 0 Å². The van der Waals surface area contributed by atoms with Gasteiger partial charge in [-0.1, -0.05) is 30.3 Å². The van der Waals surface area contributed by atoms with Crippen LogP contribution < -0.4 is 4.74 Å². The number of carbonyl (C=O) groups excluding carboxylic acids is 2. The van der Waals surface area contributed by atoms with Crippen molar-refractivity contribution in [3.63, 3.8) is 0 Å². The number of rotatable bonds is 4. The molecule has 0 unspecified atom stereocenters. The zero-order valence-electron chi connectivity index (χ0n) is 14.0. The van der Waals surface area contributed by atoms with Gasteiger partial charge in [0.2, 0.25) is 11.7 Å². The van der Waals surface area contributed by atoms with E-state index in [4.69, 9.17) is 13.9 Å². The van der Waals surface area contributed by atoms with Crippen molar-refractivity contribution in [1.82, 2.24) is 0 Å². The first-order chi connectivity index (χ1) is 13.2. The SMILES string of the molecule is O=C1OC(c2ccccc2)=N/C1=C/c1ccc(OC(=O)c2ccco2)cc1. The topological polar surface area (TPSA) is 78.1 Å². The van der Waals surface area contributed by atoms with Crippen molar-refractivity contribution < 1.29 is 23.5 Å². The first kappa shape index (κ1) is 16.5. The fourth-order valence-electron chi connectivity index (χ4n) is 2.46. The average Bonchev–Trinajstić information content (AvgIpc) is 3.35. The summed E-state index contributed by atoms with van der Waals surface area (Å²) in [7, 11) is 0. The Hall–Kier alpha value is -3.93. The molecule has 1 aliphatic heterocycles. The van der Waals surface area contributed by atoms with Gasteiger partial charge >= 0.3 is 11.9 Å². The number of carbonyl (C=O) groups is 2. The van der Waals surface area contributed by atoms with Crippen LogP contribution in [0.5, 0.6) is 5.75 Å². The fraction of sp³-hybridized carbons (Fsp3) is 0. The van der Waals surface area contributed by atoms with Gasteiger partial charge in [0.05, 0.1) is 6.26 Å². The van der Waals surface area contributed by atoms with Crippen LogP contribution in [0.25, 0.3) is 6.08 Å². The highest BCUT2D eigenvalue weighted by Crippen LogP contribution is 2.21. The predicted octanol–water partition coefficient (Wildman–Crippen LogP) is 3.84. The Morgan fingerprint density at radius 3 is 2.44 bits per heavy atom. The molecule has 0 amide bonds. The lowest BCUT2D eigenvalue weighted by atomic mass is 10.2. The Bertz CT molecular complexity index is 1030. The number of cyclic esters (lactones) is 1. The Labute approximate surface area is 154 Å². The lowest BCUT2D eigenvalue weighted by Crippen LogP contribution is -2.06. The van der Waals surface area contributed by atoms with E-state index in [-0.39, 0.29) is 17.4 Å². The van der Waals surface area contributed by atoms with E-state index in [1.807, 2.05) is 30.3 Å². The number of nitrogens with zero attached hydrogens (tertiary/aromatic N) is 1. The number of ether oxygens (including phenoxy) is 2. The largest absolute Gasteiger partial charge is 0.457 e. The Kier molecular flexibility index (Phi) is 4.37. The number of benzene rings is 2. The molecule has 6 heteroatoms. The highest BCUT2D eigenvalue weighted by molar-refractivity contribution is 6.12. The van der Waals surface area contributed by atoms with E-state index in [1.54, 1.807) is 36.4 Å². The minimum Gasteiger partial charge on any atom is -0.457 e. The van der Waals surface area contributed by atoms with Crippen molar-refractivity contribution in [3.05, 3.63) is 95.6 Å². The van der Waals surface area contributed by atoms with Crippen molar-refractivity contribution in [2.45, 2.75) is 0 Å². The maximum Gasteiger partial charge on any atom is 0.379 e. The van der Waals surface area contributed by atoms with Crippen LogP contribution >= 0.6 is 0 Å². The van der Waals surface area contributed by atoms with E-state index in [9.17, 15) is 9.59 Å². The Morgan fingerprint density at radius 1 is 0.963 bits per heavy atom. The second-order valence-corrected chi connectivity index (χ2v) is 5.64. The summed E-state index contributed by atoms with van der Waals surface area (Å²) >= 11 is 0. The summed E-state index contributed by atoms with van der Waals surface area (Å²) in [6.45, 7) is 0. The molecule has 3 aromatic rings. The predicted molar refractivity (Wildman–Crippen MR) is 97.2 cm³/mol. The third-order valence-electron chi connectivity index (χ3n) is 3.76. The molecule has 27 heavy (non-hydrogen) atoms. The standard InChI is InChI=1S/C21H13NO5/c23-20-17(22-19(27-20)15-5-2-1-3-6-15)13-14-8-10-16(11-9-14)26-21(24)18-7-4-12-25-18/h1-13H/b17-13+. The highest BCUT2D eigenvalue weighted by atomic mass is 16.6. The molecule has 6 nitrogen and oxygen atoms in total. The second kappa shape index (κ2) is 7.13. The molecule has 2 heterocycles. The van der Waals surface area contributed by atoms with Gasteiger partial charge in [0.25, 0.3) is 0 Å². The average molecular weight is 359 g/mol. The third-order valence-corrected chi connectivity index (χ3v) is 3.76. The molecule has 1 aromatic heterocycles. The molecule has 0 N–H and O–H groups in total. The molecule has 0 bridgehead atoms. The minimum absolute atomic E-state index is 0.123. The number of hydrogen-bond donors (Lipinski definition) is 0. The van der Waals surface area contributed by atoms with Gasteiger partial charge in [-0.3, -0.25) is 0 Å². The van der Waals surface area contributed by atoms with Gasteiger partial charge in [-0.15, -0.1) is 0 Å². The summed E-state index contributed by atoms with van der Waals surface area (Å²) in [6, 6.07) is 19.0. The highest BCUT2D eigenvalue weighted by Gasteiger charge is 2.23. The number of aliphatic imine (C=N–C) groups is 1. The maximum absolute atomic E-state index is 12.0. The minimum atomic E-state index is -0.581. The van der Waals surface area contributed by atoms with Crippen molar-refractivity contribution in [2.75, 3.05) is 0 Å². The van der Waals surface area contributed by atoms with Crippen LogP contribution in [0.4, 0.5) is 0 Å². The molecule has 0 atom stereocenters. The number of hydrogen-bond acceptors (Lipinski definition) is 6. The molecule has 2 aromatic carbocycles. The second-order valence-electron chi connectivity index (χ2n) is 5.64. The van der Waals surface area contributed by atoms with Gasteiger partial charge in [-0.05, 0) is 48.0 Å². The van der Waals surface area contributed by atoms with Gasteiger partial charge in [-0.2, -0.15) is 0 Å². The van der Waals surface area contributed by atoms with Gasteiger partial charge in [0.15, 0.2) is 5.70 Å². The summed E-state index contributed by atoms with van der Waals surface area (Å²) < 4.78 is 15.4. The summed E-state index contributed by atoms with van der Waals surface area (Å²) in [4.78, 5) is 28.1. The summed E-state index contributed by atoms with van der Waals surface area (Å²) in [5, 5.41) is 0. The molecule has 0 fully saturated rings. The normalized spacial score (nSPS) is 14.7. The quantitative estimate of drug-likeness (QED) is 0.402. The molecular formula is C21H13NO5. The van der Waals surface area contributed by atoms with Gasteiger partial charge in [0, 0.05) is 5.56 Å². The van der Waals surface area contributed by atoms with Crippen LogP contribution in [0.15, 0.2) is 88.1 Å². The van der Waals surface area contributed by atoms with E-state index in [0.29, 0.717) is 5.75 Å². The molecule has 0 spiro atoms.